The van der Waals surface area contributed by atoms with Gasteiger partial charge in [0.15, 0.2) is 0 Å². The van der Waals surface area contributed by atoms with Crippen LogP contribution in [0.1, 0.15) is 11.1 Å². The number of aryl methyl sites for hydroxylation is 1. The maximum Gasteiger partial charge on any atom is 0.205 e. The van der Waals surface area contributed by atoms with Crippen LogP contribution in [-0.4, -0.2) is 20.2 Å². The molecule has 2 aromatic carbocycles. The lowest BCUT2D eigenvalue weighted by atomic mass is 10.1. The van der Waals surface area contributed by atoms with Crippen LogP contribution in [0.5, 0.6) is 0 Å². The van der Waals surface area contributed by atoms with E-state index in [0.717, 1.165) is 22.4 Å². The molecule has 5 nitrogen and oxygen atoms in total. The van der Waals surface area contributed by atoms with Crippen LogP contribution in [0.3, 0.4) is 0 Å². The fraction of sp³-hybridized carbons (Fsp3) is 0.133. The second kappa shape index (κ2) is 5.22. The third-order valence-corrected chi connectivity index (χ3v) is 3.22. The van der Waals surface area contributed by atoms with Gasteiger partial charge in [0.1, 0.15) is 0 Å². The molecule has 100 valence electrons. The van der Waals surface area contributed by atoms with Crippen LogP contribution >= 0.6 is 0 Å². The fourth-order valence-electron chi connectivity index (χ4n) is 2.06. The lowest BCUT2D eigenvalue weighted by molar-refractivity contribution is 0.719. The van der Waals surface area contributed by atoms with Crippen molar-refractivity contribution in [3.8, 4) is 17.1 Å². The van der Waals surface area contributed by atoms with Crippen molar-refractivity contribution in [3.63, 3.8) is 0 Å². The number of benzene rings is 2. The molecule has 1 aromatic heterocycles. The summed E-state index contributed by atoms with van der Waals surface area (Å²) < 4.78 is 0. The minimum Gasteiger partial charge on any atom is -0.326 e. The van der Waals surface area contributed by atoms with Gasteiger partial charge in [-0.05, 0) is 35.4 Å². The van der Waals surface area contributed by atoms with Gasteiger partial charge in [-0.1, -0.05) is 36.4 Å². The van der Waals surface area contributed by atoms with Gasteiger partial charge in [-0.2, -0.15) is 0 Å². The third kappa shape index (κ3) is 2.31. The third-order valence-electron chi connectivity index (χ3n) is 3.22. The van der Waals surface area contributed by atoms with E-state index in [1.807, 2.05) is 55.5 Å². The molecule has 0 radical (unpaired) electrons. The zero-order chi connectivity index (χ0) is 13.9. The summed E-state index contributed by atoms with van der Waals surface area (Å²) in [7, 11) is 0. The van der Waals surface area contributed by atoms with Crippen LogP contribution in [0.2, 0.25) is 0 Å². The SMILES string of the molecule is Cc1cc(-n2nnc(-c3ccccc3)n2)ccc1CN. The fourth-order valence-corrected chi connectivity index (χ4v) is 2.06. The minimum absolute atomic E-state index is 0.534. The van der Waals surface area contributed by atoms with Gasteiger partial charge in [-0.3, -0.25) is 0 Å². The molecule has 0 spiro atoms. The van der Waals surface area contributed by atoms with Crippen LogP contribution in [-0.2, 0) is 6.54 Å². The van der Waals surface area contributed by atoms with Crippen LogP contribution in [0.15, 0.2) is 48.5 Å². The highest BCUT2D eigenvalue weighted by Crippen LogP contribution is 2.16. The molecule has 0 aliphatic carbocycles. The van der Waals surface area contributed by atoms with Crippen molar-refractivity contribution in [2.45, 2.75) is 13.5 Å². The first-order valence-electron chi connectivity index (χ1n) is 6.43. The minimum atomic E-state index is 0.534. The second-order valence-corrected chi connectivity index (χ2v) is 4.58. The molecule has 0 atom stereocenters. The van der Waals surface area contributed by atoms with Crippen molar-refractivity contribution >= 4 is 0 Å². The maximum absolute atomic E-state index is 5.67. The number of aromatic nitrogens is 4. The van der Waals surface area contributed by atoms with Gasteiger partial charge in [0.25, 0.3) is 0 Å². The van der Waals surface area contributed by atoms with Gasteiger partial charge in [-0.25, -0.2) is 0 Å². The largest absolute Gasteiger partial charge is 0.326 e. The van der Waals surface area contributed by atoms with E-state index in [1.54, 1.807) is 0 Å². The molecular formula is C15H15N5. The molecule has 0 unspecified atom stereocenters. The van der Waals surface area contributed by atoms with E-state index in [2.05, 4.69) is 15.4 Å². The number of hydrogen-bond acceptors (Lipinski definition) is 4. The van der Waals surface area contributed by atoms with Crippen molar-refractivity contribution in [3.05, 3.63) is 59.7 Å². The molecular weight excluding hydrogens is 250 g/mol. The normalized spacial score (nSPS) is 10.7. The summed E-state index contributed by atoms with van der Waals surface area (Å²) in [5.74, 6) is 0.617. The van der Waals surface area contributed by atoms with E-state index in [4.69, 9.17) is 5.73 Å². The zero-order valence-corrected chi connectivity index (χ0v) is 11.2. The Balaban J connectivity index is 1.96. The van der Waals surface area contributed by atoms with Gasteiger partial charge in [0, 0.05) is 12.1 Å². The molecule has 0 aliphatic heterocycles. The van der Waals surface area contributed by atoms with Crippen LogP contribution in [0.25, 0.3) is 17.1 Å². The summed E-state index contributed by atoms with van der Waals surface area (Å²) in [6.45, 7) is 2.56. The van der Waals surface area contributed by atoms with Crippen LogP contribution < -0.4 is 5.73 Å². The van der Waals surface area contributed by atoms with Crippen molar-refractivity contribution in [1.82, 2.24) is 20.2 Å². The first kappa shape index (κ1) is 12.5. The van der Waals surface area contributed by atoms with E-state index in [1.165, 1.54) is 4.80 Å². The highest BCUT2D eigenvalue weighted by atomic mass is 15.6. The Bertz CT molecular complexity index is 718. The van der Waals surface area contributed by atoms with Crippen molar-refractivity contribution in [2.75, 3.05) is 0 Å². The van der Waals surface area contributed by atoms with Crippen molar-refractivity contribution in [2.24, 2.45) is 5.73 Å². The summed E-state index contributed by atoms with van der Waals surface area (Å²) in [6, 6.07) is 15.8. The van der Waals surface area contributed by atoms with Crippen molar-refractivity contribution < 1.29 is 0 Å². The Morgan fingerprint density at radius 2 is 1.90 bits per heavy atom. The molecule has 0 aliphatic rings. The van der Waals surface area contributed by atoms with E-state index in [-0.39, 0.29) is 0 Å². The predicted octanol–water partition coefficient (Wildman–Crippen LogP) is 2.10. The Morgan fingerprint density at radius 3 is 2.60 bits per heavy atom. The molecule has 5 heteroatoms. The lowest BCUT2D eigenvalue weighted by Gasteiger charge is -2.04. The number of tetrazole rings is 1. The number of hydrogen-bond donors (Lipinski definition) is 1. The average molecular weight is 265 g/mol. The molecule has 20 heavy (non-hydrogen) atoms. The monoisotopic (exact) mass is 265 g/mol. The first-order valence-corrected chi connectivity index (χ1v) is 6.43. The van der Waals surface area contributed by atoms with Crippen LogP contribution in [0, 0.1) is 6.92 Å². The molecule has 1 heterocycles. The van der Waals surface area contributed by atoms with Crippen molar-refractivity contribution in [1.29, 1.82) is 0 Å². The van der Waals surface area contributed by atoms with Crippen LogP contribution in [0.4, 0.5) is 0 Å². The summed E-state index contributed by atoms with van der Waals surface area (Å²) in [5, 5.41) is 12.6. The van der Waals surface area contributed by atoms with E-state index in [0.29, 0.717) is 12.4 Å². The van der Waals surface area contributed by atoms with E-state index in [9.17, 15) is 0 Å². The number of nitrogens with two attached hydrogens (primary N) is 1. The second-order valence-electron chi connectivity index (χ2n) is 4.58. The first-order chi connectivity index (χ1) is 9.78. The molecule has 3 aromatic rings. The number of nitrogens with zero attached hydrogens (tertiary/aromatic N) is 4. The van der Waals surface area contributed by atoms with Gasteiger partial charge < -0.3 is 5.73 Å². The standard InChI is InChI=1S/C15H15N5/c1-11-9-14(8-7-13(11)10-16)20-18-15(17-19-20)12-5-3-2-4-6-12/h2-9H,10,16H2,1H3. The molecule has 3 rings (SSSR count). The molecule has 0 saturated heterocycles. The highest BCUT2D eigenvalue weighted by Gasteiger charge is 2.07. The topological polar surface area (TPSA) is 69.6 Å². The molecule has 0 bridgehead atoms. The van der Waals surface area contributed by atoms with Gasteiger partial charge in [-0.15, -0.1) is 15.0 Å². The highest BCUT2D eigenvalue weighted by molar-refractivity contribution is 5.53. The lowest BCUT2D eigenvalue weighted by Crippen LogP contribution is -2.03. The quantitative estimate of drug-likeness (QED) is 0.787. The Labute approximate surface area is 117 Å². The molecule has 2 N–H and O–H groups in total. The Kier molecular flexibility index (Phi) is 3.26. The predicted molar refractivity (Wildman–Crippen MR) is 77.2 cm³/mol. The average Bonchev–Trinajstić information content (AvgIpc) is 2.98. The summed E-state index contributed by atoms with van der Waals surface area (Å²) >= 11 is 0. The zero-order valence-electron chi connectivity index (χ0n) is 11.2. The summed E-state index contributed by atoms with van der Waals surface area (Å²) in [5.41, 5.74) is 9.76. The van der Waals surface area contributed by atoms with E-state index >= 15 is 0 Å². The van der Waals surface area contributed by atoms with Gasteiger partial charge in [0.05, 0.1) is 5.69 Å². The maximum atomic E-state index is 5.67. The van der Waals surface area contributed by atoms with Gasteiger partial charge in [0.2, 0.25) is 5.82 Å². The molecule has 0 fully saturated rings. The molecule has 0 saturated carbocycles. The molecule has 0 amide bonds. The Morgan fingerprint density at radius 1 is 1.10 bits per heavy atom. The number of rotatable bonds is 3. The Hall–Kier alpha value is -2.53. The van der Waals surface area contributed by atoms with E-state index < -0.39 is 0 Å². The summed E-state index contributed by atoms with van der Waals surface area (Å²) in [4.78, 5) is 1.54. The smallest absolute Gasteiger partial charge is 0.205 e. The summed E-state index contributed by atoms with van der Waals surface area (Å²) in [6.07, 6.45) is 0. The van der Waals surface area contributed by atoms with Gasteiger partial charge >= 0.3 is 0 Å².